The minimum absolute atomic E-state index is 0.0546. The summed E-state index contributed by atoms with van der Waals surface area (Å²) >= 11 is 0. The molecule has 1 aromatic carbocycles. The number of esters is 1. The number of aromatic nitrogens is 3. The molecule has 30 heavy (non-hydrogen) atoms. The summed E-state index contributed by atoms with van der Waals surface area (Å²) in [6.07, 6.45) is 5.95. The molecule has 1 aliphatic rings. The number of hydrogen-bond donors (Lipinski definition) is 1. The lowest BCUT2D eigenvalue weighted by Gasteiger charge is -2.21. The van der Waals surface area contributed by atoms with Gasteiger partial charge in [-0.05, 0) is 26.0 Å². The van der Waals surface area contributed by atoms with Gasteiger partial charge in [0.05, 0.1) is 12.3 Å². The number of ketones is 1. The molecule has 2 heterocycles. The Kier molecular flexibility index (Phi) is 5.72. The van der Waals surface area contributed by atoms with Crippen molar-refractivity contribution in [2.75, 3.05) is 13.6 Å². The predicted molar refractivity (Wildman–Crippen MR) is 113 cm³/mol. The molecule has 158 valence electrons. The zero-order valence-corrected chi connectivity index (χ0v) is 17.9. The molecule has 1 aliphatic carbocycles. The van der Waals surface area contributed by atoms with Gasteiger partial charge in [-0.3, -0.25) is 9.59 Å². The highest BCUT2D eigenvalue weighted by Gasteiger charge is 2.33. The molecule has 0 aliphatic heterocycles. The van der Waals surface area contributed by atoms with Crippen LogP contribution in [0.4, 0.5) is 0 Å². The van der Waals surface area contributed by atoms with Crippen LogP contribution in [0.5, 0.6) is 0 Å². The predicted octanol–water partition coefficient (Wildman–Crippen LogP) is 2.13. The Morgan fingerprint density at radius 1 is 1.33 bits per heavy atom. The van der Waals surface area contributed by atoms with Crippen LogP contribution in [0.1, 0.15) is 34.7 Å². The summed E-state index contributed by atoms with van der Waals surface area (Å²) < 4.78 is 11.5. The molecule has 7 heteroatoms. The van der Waals surface area contributed by atoms with E-state index in [1.165, 1.54) is 0 Å². The number of hydrogen-bond acceptors (Lipinski definition) is 4. The third kappa shape index (κ3) is 3.65. The van der Waals surface area contributed by atoms with Crippen LogP contribution in [0.25, 0.3) is 10.9 Å². The number of nitrogens with zero attached hydrogens (tertiary/aromatic N) is 3. The first-order chi connectivity index (χ1) is 14.5. The van der Waals surface area contributed by atoms with Crippen LogP contribution in [0.3, 0.4) is 0 Å². The van der Waals surface area contributed by atoms with E-state index in [4.69, 9.17) is 4.74 Å². The maximum atomic E-state index is 13.4. The minimum Gasteiger partial charge on any atom is -0.425 e. The number of Topliss-reactive ketones (excluding diaryl/α,β-unsaturated/α-hetero) is 1. The van der Waals surface area contributed by atoms with Gasteiger partial charge in [0.1, 0.15) is 18.9 Å². The van der Waals surface area contributed by atoms with E-state index in [0.29, 0.717) is 19.5 Å². The maximum Gasteiger partial charge on any atom is 0.310 e. The van der Waals surface area contributed by atoms with Gasteiger partial charge in [0.2, 0.25) is 6.73 Å². The summed E-state index contributed by atoms with van der Waals surface area (Å²) in [6.45, 7) is 3.41. The Bertz CT molecular complexity index is 1100. The smallest absolute Gasteiger partial charge is 0.310 e. The fourth-order valence-electron chi connectivity index (χ4n) is 4.38. The van der Waals surface area contributed by atoms with Crippen molar-refractivity contribution in [2.24, 2.45) is 13.0 Å². The van der Waals surface area contributed by atoms with Gasteiger partial charge in [-0.15, -0.1) is 0 Å². The third-order valence-corrected chi connectivity index (χ3v) is 6.19. The van der Waals surface area contributed by atoms with Crippen LogP contribution in [0, 0.1) is 12.8 Å². The zero-order chi connectivity index (χ0) is 21.3. The highest BCUT2D eigenvalue weighted by Crippen LogP contribution is 2.34. The van der Waals surface area contributed by atoms with E-state index in [-0.39, 0.29) is 24.4 Å². The number of rotatable bonds is 7. The van der Waals surface area contributed by atoms with Gasteiger partial charge >= 0.3 is 5.97 Å². The van der Waals surface area contributed by atoms with Gasteiger partial charge in [-0.2, -0.15) is 4.57 Å². The monoisotopic (exact) mass is 409 g/mol. The highest BCUT2D eigenvalue weighted by molar-refractivity contribution is 6.11. The standard InChI is InChI=1S/C23H29N4O3/c1-16-26(12-13-27(16)15-30-21(28)10-11-24-2)14-17-8-9-20-22(23(17)29)18-6-4-5-7-19(18)25(20)3/h4-7,12-13,17,24H,8-11,14-15H2,1-3H3/q+1. The quantitative estimate of drug-likeness (QED) is 0.480. The summed E-state index contributed by atoms with van der Waals surface area (Å²) in [5.74, 6) is 0.912. The molecule has 0 amide bonds. The molecule has 4 rings (SSSR count). The van der Waals surface area contributed by atoms with E-state index in [9.17, 15) is 9.59 Å². The van der Waals surface area contributed by atoms with Crippen molar-refractivity contribution in [3.8, 4) is 0 Å². The Balaban J connectivity index is 1.48. The lowest BCUT2D eigenvalue weighted by molar-refractivity contribution is -0.732. The molecule has 0 radical (unpaired) electrons. The van der Waals surface area contributed by atoms with Crippen LogP contribution in [-0.2, 0) is 36.3 Å². The van der Waals surface area contributed by atoms with Crippen molar-refractivity contribution < 1.29 is 18.9 Å². The molecule has 1 N–H and O–H groups in total. The molecule has 0 spiro atoms. The molecule has 7 nitrogen and oxygen atoms in total. The average molecular weight is 410 g/mol. The molecule has 1 unspecified atom stereocenters. The fourth-order valence-corrected chi connectivity index (χ4v) is 4.38. The summed E-state index contributed by atoms with van der Waals surface area (Å²) in [7, 11) is 3.85. The first-order valence-corrected chi connectivity index (χ1v) is 10.5. The minimum atomic E-state index is -0.227. The molecule has 1 atom stereocenters. The average Bonchev–Trinajstić information content (AvgIpc) is 3.25. The fraction of sp³-hybridized carbons (Fsp3) is 0.435. The van der Waals surface area contributed by atoms with Crippen LogP contribution in [0.2, 0.25) is 0 Å². The van der Waals surface area contributed by atoms with Gasteiger partial charge < -0.3 is 14.6 Å². The number of ether oxygens (including phenoxy) is 1. The van der Waals surface area contributed by atoms with Crippen molar-refractivity contribution >= 4 is 22.7 Å². The van der Waals surface area contributed by atoms with Crippen LogP contribution >= 0.6 is 0 Å². The van der Waals surface area contributed by atoms with Crippen LogP contribution < -0.4 is 9.88 Å². The van der Waals surface area contributed by atoms with E-state index >= 15 is 0 Å². The Morgan fingerprint density at radius 3 is 2.93 bits per heavy atom. The van der Waals surface area contributed by atoms with Crippen molar-refractivity contribution in [1.82, 2.24) is 14.5 Å². The Morgan fingerprint density at radius 2 is 2.13 bits per heavy atom. The molecular formula is C23H29N4O3+. The lowest BCUT2D eigenvalue weighted by atomic mass is 9.85. The zero-order valence-electron chi connectivity index (χ0n) is 17.9. The topological polar surface area (TPSA) is 69.1 Å². The first kappa shape index (κ1) is 20.3. The second kappa shape index (κ2) is 8.44. The number of fused-ring (bicyclic) bond motifs is 3. The second-order valence-electron chi connectivity index (χ2n) is 7.96. The molecule has 0 saturated heterocycles. The molecule has 2 aromatic heterocycles. The van der Waals surface area contributed by atoms with E-state index in [2.05, 4.69) is 20.5 Å². The number of imidazole rings is 1. The normalized spacial score (nSPS) is 16.1. The van der Waals surface area contributed by atoms with Gasteiger partial charge in [-0.25, -0.2) is 4.57 Å². The molecule has 0 fully saturated rings. The first-order valence-electron chi connectivity index (χ1n) is 10.5. The maximum absolute atomic E-state index is 13.4. The molecule has 3 aromatic rings. The van der Waals surface area contributed by atoms with Crippen LogP contribution in [0.15, 0.2) is 36.7 Å². The SMILES string of the molecule is CNCCC(=O)OC[n+]1ccn(CC2CCc3c(c4ccccc4n3C)C2=O)c1C. The summed E-state index contributed by atoms with van der Waals surface area (Å²) in [5.41, 5.74) is 3.15. The Hall–Kier alpha value is -2.93. The van der Waals surface area contributed by atoms with E-state index in [0.717, 1.165) is 40.8 Å². The van der Waals surface area contributed by atoms with E-state index in [1.54, 1.807) is 7.05 Å². The lowest BCUT2D eigenvalue weighted by Crippen LogP contribution is -2.38. The molecular weight excluding hydrogens is 380 g/mol. The van der Waals surface area contributed by atoms with Crippen molar-refractivity contribution in [3.05, 3.63) is 53.7 Å². The summed E-state index contributed by atoms with van der Waals surface area (Å²) in [5, 5.41) is 3.99. The number of carbonyl (C=O) groups is 2. The number of aryl methyl sites for hydroxylation is 1. The van der Waals surface area contributed by atoms with E-state index < -0.39 is 0 Å². The van der Waals surface area contributed by atoms with Gasteiger partial charge in [0.15, 0.2) is 5.78 Å². The van der Waals surface area contributed by atoms with Gasteiger partial charge in [-0.1, -0.05) is 18.2 Å². The third-order valence-electron chi connectivity index (χ3n) is 6.19. The number of benzene rings is 1. The van der Waals surface area contributed by atoms with Crippen molar-refractivity contribution in [1.29, 1.82) is 0 Å². The van der Waals surface area contributed by atoms with Gasteiger partial charge in [0, 0.05) is 42.7 Å². The highest BCUT2D eigenvalue weighted by atomic mass is 16.5. The second-order valence-corrected chi connectivity index (χ2v) is 7.96. The Labute approximate surface area is 176 Å². The number of carbonyl (C=O) groups excluding carboxylic acids is 2. The van der Waals surface area contributed by atoms with Crippen LogP contribution in [-0.4, -0.2) is 34.5 Å². The summed E-state index contributed by atoms with van der Waals surface area (Å²) in [6, 6.07) is 8.14. The molecule has 0 bridgehead atoms. The van der Waals surface area contributed by atoms with Crippen molar-refractivity contribution in [3.63, 3.8) is 0 Å². The summed E-state index contributed by atoms with van der Waals surface area (Å²) in [4.78, 5) is 25.1. The van der Waals surface area contributed by atoms with E-state index in [1.807, 2.05) is 49.1 Å². The molecule has 0 saturated carbocycles. The number of para-hydroxylation sites is 1. The largest absolute Gasteiger partial charge is 0.425 e. The number of nitrogens with one attached hydrogen (secondary N) is 1. The van der Waals surface area contributed by atoms with Gasteiger partial charge in [0.25, 0.3) is 5.82 Å². The van der Waals surface area contributed by atoms with Crippen molar-refractivity contribution in [2.45, 2.75) is 39.5 Å².